The van der Waals surface area contributed by atoms with Crippen molar-refractivity contribution in [1.82, 2.24) is 0 Å². The van der Waals surface area contributed by atoms with Crippen LogP contribution in [-0.2, 0) is 11.2 Å². The number of anilines is 1. The molecule has 0 saturated carbocycles. The summed E-state index contributed by atoms with van der Waals surface area (Å²) in [6.07, 6.45) is 0.903. The zero-order chi connectivity index (χ0) is 13.5. The summed E-state index contributed by atoms with van der Waals surface area (Å²) >= 11 is 3.62. The number of halogens is 1. The minimum Gasteiger partial charge on any atom is -0.383 e. The Morgan fingerprint density at radius 2 is 2.17 bits per heavy atom. The molecule has 0 aliphatic heterocycles. The summed E-state index contributed by atoms with van der Waals surface area (Å²) in [6.45, 7) is 6.71. The van der Waals surface area contributed by atoms with Crippen LogP contribution in [0, 0.1) is 0 Å². The van der Waals surface area contributed by atoms with E-state index in [4.69, 9.17) is 10.5 Å². The summed E-state index contributed by atoms with van der Waals surface area (Å²) in [5, 5.41) is 0. The average molecular weight is 315 g/mol. The van der Waals surface area contributed by atoms with Crippen LogP contribution < -0.4 is 10.6 Å². The normalized spacial score (nSPS) is 12.5. The maximum Gasteiger partial charge on any atom is 0.0663 e. The minimum atomic E-state index is 0.368. The largest absolute Gasteiger partial charge is 0.383 e. The Morgan fingerprint density at radius 3 is 2.67 bits per heavy atom. The molecule has 0 aliphatic carbocycles. The van der Waals surface area contributed by atoms with Crippen LogP contribution in [0.5, 0.6) is 0 Å². The molecule has 0 aromatic heterocycles. The van der Waals surface area contributed by atoms with E-state index in [0.717, 1.165) is 24.0 Å². The van der Waals surface area contributed by atoms with Gasteiger partial charge in [0, 0.05) is 29.9 Å². The van der Waals surface area contributed by atoms with Gasteiger partial charge in [-0.2, -0.15) is 0 Å². The summed E-state index contributed by atoms with van der Waals surface area (Å²) in [4.78, 5) is 2.33. The number of methoxy groups -OCH3 is 1. The van der Waals surface area contributed by atoms with Crippen LogP contribution in [0.25, 0.3) is 0 Å². The first-order valence-electron chi connectivity index (χ1n) is 6.38. The summed E-state index contributed by atoms with van der Waals surface area (Å²) in [5.41, 5.74) is 8.07. The lowest BCUT2D eigenvalue weighted by atomic mass is 10.1. The first-order chi connectivity index (χ1) is 8.63. The molecule has 0 spiro atoms. The van der Waals surface area contributed by atoms with Gasteiger partial charge in [0.05, 0.1) is 6.61 Å². The van der Waals surface area contributed by atoms with Gasteiger partial charge in [0.25, 0.3) is 0 Å². The zero-order valence-corrected chi connectivity index (χ0v) is 13.0. The van der Waals surface area contributed by atoms with E-state index in [1.807, 2.05) is 0 Å². The van der Waals surface area contributed by atoms with Crippen LogP contribution in [0.1, 0.15) is 19.4 Å². The summed E-state index contributed by atoms with van der Waals surface area (Å²) in [6, 6.07) is 6.84. The van der Waals surface area contributed by atoms with Crippen molar-refractivity contribution in [1.29, 1.82) is 0 Å². The van der Waals surface area contributed by atoms with E-state index >= 15 is 0 Å². The van der Waals surface area contributed by atoms with E-state index in [0.29, 0.717) is 12.6 Å². The molecule has 3 nitrogen and oxygen atoms in total. The average Bonchev–Trinajstić information content (AvgIpc) is 2.34. The van der Waals surface area contributed by atoms with E-state index in [2.05, 4.69) is 52.9 Å². The fourth-order valence-corrected chi connectivity index (χ4v) is 2.72. The van der Waals surface area contributed by atoms with Crippen molar-refractivity contribution in [3.63, 3.8) is 0 Å². The molecule has 1 aromatic carbocycles. The van der Waals surface area contributed by atoms with Crippen molar-refractivity contribution in [2.75, 3.05) is 31.7 Å². The Bertz CT molecular complexity index is 371. The molecule has 1 aromatic rings. The highest BCUT2D eigenvalue weighted by atomic mass is 79.9. The van der Waals surface area contributed by atoms with E-state index in [1.165, 1.54) is 11.3 Å². The van der Waals surface area contributed by atoms with Gasteiger partial charge in [-0.1, -0.05) is 22.0 Å². The van der Waals surface area contributed by atoms with Gasteiger partial charge in [-0.25, -0.2) is 0 Å². The zero-order valence-electron chi connectivity index (χ0n) is 11.4. The lowest BCUT2D eigenvalue weighted by molar-refractivity contribution is 0.182. The van der Waals surface area contributed by atoms with Gasteiger partial charge >= 0.3 is 0 Å². The third kappa shape index (κ3) is 3.97. The van der Waals surface area contributed by atoms with Gasteiger partial charge in [-0.05, 0) is 44.5 Å². The second kappa shape index (κ2) is 7.77. The number of nitrogens with two attached hydrogens (primary N) is 1. The van der Waals surface area contributed by atoms with Crippen LogP contribution >= 0.6 is 15.9 Å². The molecule has 1 atom stereocenters. The molecule has 1 unspecified atom stereocenters. The summed E-state index contributed by atoms with van der Waals surface area (Å²) in [7, 11) is 1.74. The number of rotatable bonds is 7. The Kier molecular flexibility index (Phi) is 6.68. The maximum atomic E-state index is 5.59. The Labute approximate surface area is 118 Å². The van der Waals surface area contributed by atoms with Gasteiger partial charge in [-0.15, -0.1) is 0 Å². The SMILES string of the molecule is CCN(c1ccc(CCN)c(Br)c1)C(C)COC. The summed E-state index contributed by atoms with van der Waals surface area (Å²) in [5.74, 6) is 0. The molecule has 0 radical (unpaired) electrons. The van der Waals surface area contributed by atoms with E-state index < -0.39 is 0 Å². The van der Waals surface area contributed by atoms with E-state index in [-0.39, 0.29) is 0 Å². The third-order valence-electron chi connectivity index (χ3n) is 3.06. The van der Waals surface area contributed by atoms with Crippen molar-refractivity contribution < 1.29 is 4.74 Å². The molecule has 4 heteroatoms. The second-order valence-corrected chi connectivity index (χ2v) is 5.26. The minimum absolute atomic E-state index is 0.368. The number of hydrogen-bond donors (Lipinski definition) is 1. The van der Waals surface area contributed by atoms with Crippen LogP contribution in [0.4, 0.5) is 5.69 Å². The molecule has 1 rings (SSSR count). The molecule has 0 fully saturated rings. The third-order valence-corrected chi connectivity index (χ3v) is 3.80. The topological polar surface area (TPSA) is 38.5 Å². The Hall–Kier alpha value is -0.580. The molecule has 0 heterocycles. The van der Waals surface area contributed by atoms with Crippen molar-refractivity contribution in [2.24, 2.45) is 5.73 Å². The molecule has 0 amide bonds. The highest BCUT2D eigenvalue weighted by molar-refractivity contribution is 9.10. The first-order valence-corrected chi connectivity index (χ1v) is 7.17. The highest BCUT2D eigenvalue weighted by Gasteiger charge is 2.13. The number of benzene rings is 1. The highest BCUT2D eigenvalue weighted by Crippen LogP contribution is 2.25. The molecule has 2 N–H and O–H groups in total. The van der Waals surface area contributed by atoms with Gasteiger partial charge in [0.2, 0.25) is 0 Å². The molecule has 18 heavy (non-hydrogen) atoms. The van der Waals surface area contributed by atoms with Crippen LogP contribution in [0.15, 0.2) is 22.7 Å². The number of hydrogen-bond acceptors (Lipinski definition) is 3. The van der Waals surface area contributed by atoms with E-state index in [1.54, 1.807) is 7.11 Å². The van der Waals surface area contributed by atoms with Crippen LogP contribution in [0.3, 0.4) is 0 Å². The van der Waals surface area contributed by atoms with Gasteiger partial charge in [0.15, 0.2) is 0 Å². The Morgan fingerprint density at radius 1 is 1.44 bits per heavy atom. The number of nitrogens with zero attached hydrogens (tertiary/aromatic N) is 1. The predicted octanol–water partition coefficient (Wildman–Crippen LogP) is 2.81. The lowest BCUT2D eigenvalue weighted by Gasteiger charge is -2.30. The molecule has 0 bridgehead atoms. The van der Waals surface area contributed by atoms with Gasteiger partial charge in [-0.3, -0.25) is 0 Å². The maximum absolute atomic E-state index is 5.59. The van der Waals surface area contributed by atoms with Crippen molar-refractivity contribution >= 4 is 21.6 Å². The van der Waals surface area contributed by atoms with E-state index in [9.17, 15) is 0 Å². The van der Waals surface area contributed by atoms with Gasteiger partial charge < -0.3 is 15.4 Å². The lowest BCUT2D eigenvalue weighted by Crippen LogP contribution is -2.36. The standard InChI is InChI=1S/C14H23BrN2O/c1-4-17(11(2)10-18-3)13-6-5-12(7-8-16)14(15)9-13/h5-6,9,11H,4,7-8,10,16H2,1-3H3. The smallest absolute Gasteiger partial charge is 0.0663 e. The number of likely N-dealkylation sites (N-methyl/N-ethyl adjacent to an activating group) is 1. The predicted molar refractivity (Wildman–Crippen MR) is 81.3 cm³/mol. The number of ether oxygens (including phenoxy) is 1. The molecular weight excluding hydrogens is 292 g/mol. The molecule has 102 valence electrons. The van der Waals surface area contributed by atoms with Crippen molar-refractivity contribution in [2.45, 2.75) is 26.3 Å². The molecule has 0 aliphatic rings. The van der Waals surface area contributed by atoms with Crippen LogP contribution in [-0.4, -0.2) is 32.8 Å². The monoisotopic (exact) mass is 314 g/mol. The summed E-state index contributed by atoms with van der Waals surface area (Å²) < 4.78 is 6.36. The fourth-order valence-electron chi connectivity index (χ4n) is 2.15. The van der Waals surface area contributed by atoms with Crippen molar-refractivity contribution in [3.05, 3.63) is 28.2 Å². The quantitative estimate of drug-likeness (QED) is 0.841. The molecular formula is C14H23BrN2O. The van der Waals surface area contributed by atoms with Crippen LogP contribution in [0.2, 0.25) is 0 Å². The Balaban J connectivity index is 2.90. The molecule has 0 saturated heterocycles. The first kappa shape index (κ1) is 15.5. The fraction of sp³-hybridized carbons (Fsp3) is 0.571. The van der Waals surface area contributed by atoms with Crippen molar-refractivity contribution in [3.8, 4) is 0 Å². The second-order valence-electron chi connectivity index (χ2n) is 4.40. The van der Waals surface area contributed by atoms with Gasteiger partial charge in [0.1, 0.15) is 0 Å².